The standard InChI is InChI=1S/C24H20ClN3O2/c1-15-8-9-16(2)19(14-15)23-22(18-10-12-26-13-11-18)24(30-27-23)28(17(3)29)21-7-5-4-6-20(21)25/h4-14H,1-3H3. The molecule has 0 saturated heterocycles. The second kappa shape index (κ2) is 8.13. The van der Waals surface area contributed by atoms with Gasteiger partial charge in [0, 0.05) is 24.9 Å². The molecule has 4 rings (SSSR count). The molecule has 0 spiro atoms. The van der Waals surface area contributed by atoms with Crippen molar-refractivity contribution in [3.05, 3.63) is 83.1 Å². The molecule has 2 aromatic carbocycles. The molecule has 0 aliphatic carbocycles. The summed E-state index contributed by atoms with van der Waals surface area (Å²) in [5, 5.41) is 4.83. The van der Waals surface area contributed by atoms with Crippen molar-refractivity contribution < 1.29 is 9.32 Å². The number of pyridine rings is 1. The summed E-state index contributed by atoms with van der Waals surface area (Å²) in [4.78, 5) is 18.3. The molecular formula is C24H20ClN3O2. The van der Waals surface area contributed by atoms with Gasteiger partial charge in [-0.3, -0.25) is 9.78 Å². The van der Waals surface area contributed by atoms with Crippen molar-refractivity contribution in [2.24, 2.45) is 0 Å². The van der Waals surface area contributed by atoms with Crippen LogP contribution in [0.2, 0.25) is 5.02 Å². The van der Waals surface area contributed by atoms with Crippen LogP contribution in [0.25, 0.3) is 22.4 Å². The number of para-hydroxylation sites is 1. The summed E-state index contributed by atoms with van der Waals surface area (Å²) in [6.45, 7) is 5.53. The fraction of sp³-hybridized carbons (Fsp3) is 0.125. The first-order valence-corrected chi connectivity index (χ1v) is 9.88. The minimum Gasteiger partial charge on any atom is -0.337 e. The first-order chi connectivity index (χ1) is 14.5. The third-order valence-electron chi connectivity index (χ3n) is 4.90. The lowest BCUT2D eigenvalue weighted by molar-refractivity contribution is -0.116. The van der Waals surface area contributed by atoms with Crippen LogP contribution in [0.1, 0.15) is 18.1 Å². The number of rotatable bonds is 4. The van der Waals surface area contributed by atoms with Gasteiger partial charge in [0.2, 0.25) is 11.8 Å². The van der Waals surface area contributed by atoms with Crippen LogP contribution in [0.3, 0.4) is 0 Å². The molecule has 0 bridgehead atoms. The number of aryl methyl sites for hydroxylation is 2. The van der Waals surface area contributed by atoms with E-state index in [0.717, 1.165) is 22.3 Å². The molecule has 2 aromatic heterocycles. The molecule has 30 heavy (non-hydrogen) atoms. The van der Waals surface area contributed by atoms with Gasteiger partial charge in [0.15, 0.2) is 0 Å². The lowest BCUT2D eigenvalue weighted by Crippen LogP contribution is -2.23. The molecule has 6 heteroatoms. The van der Waals surface area contributed by atoms with Crippen LogP contribution in [0, 0.1) is 13.8 Å². The van der Waals surface area contributed by atoms with Gasteiger partial charge in [0.25, 0.3) is 0 Å². The Morgan fingerprint density at radius 2 is 1.77 bits per heavy atom. The number of amides is 1. The predicted molar refractivity (Wildman–Crippen MR) is 119 cm³/mol. The minimum atomic E-state index is -0.234. The number of nitrogens with zero attached hydrogens (tertiary/aromatic N) is 3. The molecule has 0 radical (unpaired) electrons. The molecule has 150 valence electrons. The Bertz CT molecular complexity index is 1220. The van der Waals surface area contributed by atoms with Gasteiger partial charge in [-0.2, -0.15) is 0 Å². The Morgan fingerprint density at radius 3 is 2.47 bits per heavy atom. The summed E-state index contributed by atoms with van der Waals surface area (Å²) in [6.07, 6.45) is 3.40. The Labute approximate surface area is 179 Å². The van der Waals surface area contributed by atoms with E-state index in [9.17, 15) is 4.79 Å². The van der Waals surface area contributed by atoms with Gasteiger partial charge in [0.1, 0.15) is 5.69 Å². The number of halogens is 1. The first kappa shape index (κ1) is 19.9. The Hall–Kier alpha value is -3.44. The molecule has 4 aromatic rings. The third-order valence-corrected chi connectivity index (χ3v) is 5.22. The van der Waals surface area contributed by atoms with Crippen LogP contribution in [-0.2, 0) is 4.79 Å². The molecule has 0 unspecified atom stereocenters. The highest BCUT2D eigenvalue weighted by molar-refractivity contribution is 6.34. The maximum absolute atomic E-state index is 12.7. The number of carbonyl (C=O) groups excluding carboxylic acids is 1. The smallest absolute Gasteiger partial charge is 0.247 e. The number of aromatic nitrogens is 2. The van der Waals surface area contributed by atoms with Crippen molar-refractivity contribution in [1.29, 1.82) is 0 Å². The fourth-order valence-corrected chi connectivity index (χ4v) is 3.66. The average Bonchev–Trinajstić information content (AvgIpc) is 3.16. The quantitative estimate of drug-likeness (QED) is 0.387. The van der Waals surface area contributed by atoms with Crippen molar-refractivity contribution >= 4 is 29.1 Å². The second-order valence-electron chi connectivity index (χ2n) is 7.07. The molecule has 0 saturated carbocycles. The maximum atomic E-state index is 12.7. The van der Waals surface area contributed by atoms with Gasteiger partial charge in [-0.25, -0.2) is 4.90 Å². The summed E-state index contributed by atoms with van der Waals surface area (Å²) >= 11 is 6.42. The summed E-state index contributed by atoms with van der Waals surface area (Å²) in [7, 11) is 0. The maximum Gasteiger partial charge on any atom is 0.247 e. The van der Waals surface area contributed by atoms with Gasteiger partial charge < -0.3 is 4.52 Å². The van der Waals surface area contributed by atoms with E-state index in [0.29, 0.717) is 27.9 Å². The molecule has 0 fully saturated rings. The van der Waals surface area contributed by atoms with E-state index >= 15 is 0 Å². The number of benzene rings is 2. The zero-order valence-corrected chi connectivity index (χ0v) is 17.6. The average molecular weight is 418 g/mol. The Balaban J connectivity index is 2.01. The van der Waals surface area contributed by atoms with Crippen LogP contribution in [0.5, 0.6) is 0 Å². The number of hydrogen-bond acceptors (Lipinski definition) is 4. The zero-order valence-electron chi connectivity index (χ0n) is 16.9. The van der Waals surface area contributed by atoms with Crippen molar-refractivity contribution in [2.75, 3.05) is 4.90 Å². The summed E-state index contributed by atoms with van der Waals surface area (Å²) in [5.74, 6) is 0.0831. The summed E-state index contributed by atoms with van der Waals surface area (Å²) in [6, 6.07) is 17.1. The van der Waals surface area contributed by atoms with Crippen molar-refractivity contribution in [2.45, 2.75) is 20.8 Å². The van der Waals surface area contributed by atoms with E-state index in [4.69, 9.17) is 16.1 Å². The molecule has 0 aliphatic rings. The highest BCUT2D eigenvalue weighted by Crippen LogP contribution is 2.44. The van der Waals surface area contributed by atoms with Crippen LogP contribution in [-0.4, -0.2) is 16.0 Å². The highest BCUT2D eigenvalue weighted by Gasteiger charge is 2.29. The number of hydrogen-bond donors (Lipinski definition) is 0. The zero-order chi connectivity index (χ0) is 21.3. The number of anilines is 2. The molecular weight excluding hydrogens is 398 g/mol. The van der Waals surface area contributed by atoms with Crippen molar-refractivity contribution in [3.8, 4) is 22.4 Å². The van der Waals surface area contributed by atoms with E-state index in [1.807, 2.05) is 44.2 Å². The largest absolute Gasteiger partial charge is 0.337 e. The van der Waals surface area contributed by atoms with E-state index < -0.39 is 0 Å². The highest BCUT2D eigenvalue weighted by atomic mass is 35.5. The van der Waals surface area contributed by atoms with Gasteiger partial charge in [-0.15, -0.1) is 0 Å². The van der Waals surface area contributed by atoms with E-state index in [1.165, 1.54) is 11.8 Å². The predicted octanol–water partition coefficient (Wildman–Crippen LogP) is 6.36. The van der Waals surface area contributed by atoms with Crippen LogP contribution in [0.4, 0.5) is 11.6 Å². The molecule has 2 heterocycles. The Morgan fingerprint density at radius 1 is 1.03 bits per heavy atom. The van der Waals surface area contributed by atoms with Gasteiger partial charge >= 0.3 is 0 Å². The van der Waals surface area contributed by atoms with E-state index in [-0.39, 0.29) is 5.91 Å². The van der Waals surface area contributed by atoms with Gasteiger partial charge in [0.05, 0.1) is 16.3 Å². The third kappa shape index (κ3) is 3.60. The molecule has 0 atom stereocenters. The van der Waals surface area contributed by atoms with E-state index in [2.05, 4.69) is 22.3 Å². The monoisotopic (exact) mass is 417 g/mol. The van der Waals surface area contributed by atoms with Crippen LogP contribution < -0.4 is 4.90 Å². The van der Waals surface area contributed by atoms with Crippen molar-refractivity contribution in [3.63, 3.8) is 0 Å². The summed E-state index contributed by atoms with van der Waals surface area (Å²) < 4.78 is 5.81. The SMILES string of the molecule is CC(=O)N(c1ccccc1Cl)c1onc(-c2cc(C)ccc2C)c1-c1ccncc1. The molecule has 0 aliphatic heterocycles. The molecule has 0 N–H and O–H groups in total. The van der Waals surface area contributed by atoms with E-state index in [1.54, 1.807) is 24.5 Å². The minimum absolute atomic E-state index is 0.234. The van der Waals surface area contributed by atoms with Gasteiger partial charge in [-0.05, 0) is 55.3 Å². The normalized spacial score (nSPS) is 10.8. The van der Waals surface area contributed by atoms with Crippen LogP contribution in [0.15, 0.2) is 71.5 Å². The van der Waals surface area contributed by atoms with Crippen molar-refractivity contribution in [1.82, 2.24) is 10.1 Å². The molecule has 1 amide bonds. The summed E-state index contributed by atoms with van der Waals surface area (Å²) in [5.41, 5.74) is 5.86. The number of carbonyl (C=O) groups is 1. The lowest BCUT2D eigenvalue weighted by atomic mass is 9.96. The lowest BCUT2D eigenvalue weighted by Gasteiger charge is -2.20. The fourth-order valence-electron chi connectivity index (χ4n) is 3.44. The van der Waals surface area contributed by atoms with Gasteiger partial charge in [-0.1, -0.05) is 46.6 Å². The Kier molecular flexibility index (Phi) is 5.38. The topological polar surface area (TPSA) is 59.2 Å². The first-order valence-electron chi connectivity index (χ1n) is 9.50. The van der Waals surface area contributed by atoms with Crippen LogP contribution >= 0.6 is 11.6 Å². The second-order valence-corrected chi connectivity index (χ2v) is 7.48. The molecule has 5 nitrogen and oxygen atoms in total.